The predicted octanol–water partition coefficient (Wildman–Crippen LogP) is 2.82. The second-order valence-corrected chi connectivity index (χ2v) is 7.98. The molecular weight excluding hydrogens is 380 g/mol. The summed E-state index contributed by atoms with van der Waals surface area (Å²) in [7, 11) is 0. The third kappa shape index (κ3) is 4.55. The maximum absolute atomic E-state index is 12.8. The fourth-order valence-corrected chi connectivity index (χ4v) is 4.46. The van der Waals surface area contributed by atoms with Gasteiger partial charge in [0.1, 0.15) is 0 Å². The van der Waals surface area contributed by atoms with E-state index in [1.54, 1.807) is 13.8 Å². The van der Waals surface area contributed by atoms with Gasteiger partial charge in [0.05, 0.1) is 23.8 Å². The Kier molecular flexibility index (Phi) is 6.87. The monoisotopic (exact) mass is 406 g/mol. The van der Waals surface area contributed by atoms with Gasteiger partial charge in [-0.1, -0.05) is 30.0 Å². The van der Waals surface area contributed by atoms with Crippen LogP contribution in [-0.4, -0.2) is 41.6 Å². The summed E-state index contributed by atoms with van der Waals surface area (Å²) in [5.41, 5.74) is -1.46. The summed E-state index contributed by atoms with van der Waals surface area (Å²) in [4.78, 5) is 43.2. The number of fused-ring (bicyclic) bond motifs is 1. The predicted molar refractivity (Wildman–Crippen MR) is 107 cm³/mol. The van der Waals surface area contributed by atoms with Crippen LogP contribution in [0.25, 0.3) is 0 Å². The van der Waals surface area contributed by atoms with Crippen molar-refractivity contribution in [3.63, 3.8) is 0 Å². The van der Waals surface area contributed by atoms with Gasteiger partial charge in [0, 0.05) is 18.2 Å². The van der Waals surface area contributed by atoms with Crippen molar-refractivity contribution >= 4 is 34.7 Å². The number of aliphatic imine (C=N–C) groups is 1. The van der Waals surface area contributed by atoms with Crippen molar-refractivity contribution in [1.82, 2.24) is 5.32 Å². The lowest BCUT2D eigenvalue weighted by Crippen LogP contribution is -2.62. The molecule has 2 rings (SSSR count). The number of hydrogen-bond acceptors (Lipinski definition) is 7. The Morgan fingerprint density at radius 1 is 1.11 bits per heavy atom. The third-order valence-electron chi connectivity index (χ3n) is 4.23. The van der Waals surface area contributed by atoms with Gasteiger partial charge < -0.3 is 14.8 Å². The van der Waals surface area contributed by atoms with Crippen LogP contribution in [0.4, 0.5) is 0 Å². The average Bonchev–Trinajstić information content (AvgIpc) is 2.60. The molecule has 0 saturated heterocycles. The smallest absolute Gasteiger partial charge is 0.344 e. The van der Waals surface area contributed by atoms with Crippen LogP contribution in [0, 0.1) is 0 Å². The van der Waals surface area contributed by atoms with E-state index in [-0.39, 0.29) is 19.6 Å². The second kappa shape index (κ2) is 8.77. The molecule has 0 bridgehead atoms. The molecule has 0 unspecified atom stereocenters. The summed E-state index contributed by atoms with van der Waals surface area (Å²) in [5, 5.41) is 3.02. The lowest BCUT2D eigenvalue weighted by molar-refractivity contribution is -0.167. The van der Waals surface area contributed by atoms with Gasteiger partial charge in [-0.3, -0.25) is 9.79 Å². The van der Waals surface area contributed by atoms with E-state index in [4.69, 9.17) is 14.5 Å². The minimum atomic E-state index is -1.98. The van der Waals surface area contributed by atoms with E-state index >= 15 is 0 Å². The van der Waals surface area contributed by atoms with E-state index in [0.717, 1.165) is 10.5 Å². The Hall–Kier alpha value is -2.35. The first-order valence-electron chi connectivity index (χ1n) is 9.15. The zero-order valence-corrected chi connectivity index (χ0v) is 17.6. The first-order valence-corrected chi connectivity index (χ1v) is 9.97. The second-order valence-electron chi connectivity index (χ2n) is 6.87. The summed E-state index contributed by atoms with van der Waals surface area (Å²) in [6.45, 7) is 8.55. The quantitative estimate of drug-likeness (QED) is 0.553. The highest BCUT2D eigenvalue weighted by atomic mass is 32.2. The van der Waals surface area contributed by atoms with Crippen LogP contribution in [0.1, 0.15) is 46.6 Å². The normalized spacial score (nSPS) is 15.1. The molecule has 0 atom stereocenters. The molecule has 152 valence electrons. The Morgan fingerprint density at radius 3 is 2.21 bits per heavy atom. The SMILES string of the molecule is CCOC(=O)C(CC1=NC(C)(C)c2ccccc2S1)(NC(C)=O)C(=O)OCC. The summed E-state index contributed by atoms with van der Waals surface area (Å²) < 4.78 is 10.2. The standard InChI is InChI=1S/C20H26N2O5S/c1-6-26-17(24)20(21-13(3)23,18(25)27-7-2)12-16-22-19(4,5)14-10-8-9-11-15(14)28-16/h8-11H,6-7,12H2,1-5H3,(H,21,23). The highest BCUT2D eigenvalue weighted by molar-refractivity contribution is 8.14. The van der Waals surface area contributed by atoms with Gasteiger partial charge in [0.2, 0.25) is 11.4 Å². The van der Waals surface area contributed by atoms with Crippen molar-refractivity contribution in [3.8, 4) is 0 Å². The number of esters is 2. The molecular formula is C20H26N2O5S. The van der Waals surface area contributed by atoms with Gasteiger partial charge in [-0.2, -0.15) is 0 Å². The minimum Gasteiger partial charge on any atom is -0.464 e. The van der Waals surface area contributed by atoms with E-state index in [0.29, 0.717) is 5.04 Å². The maximum atomic E-state index is 12.8. The number of thioether (sulfide) groups is 1. The van der Waals surface area contributed by atoms with Crippen LogP contribution in [0.15, 0.2) is 34.2 Å². The zero-order chi connectivity index (χ0) is 20.9. The number of benzene rings is 1. The number of hydrogen-bond donors (Lipinski definition) is 1. The number of rotatable bonds is 7. The highest BCUT2D eigenvalue weighted by Gasteiger charge is 2.51. The molecule has 0 fully saturated rings. The van der Waals surface area contributed by atoms with E-state index in [9.17, 15) is 14.4 Å². The van der Waals surface area contributed by atoms with E-state index in [1.165, 1.54) is 18.7 Å². The first kappa shape index (κ1) is 21.9. The molecule has 1 aliphatic rings. The van der Waals surface area contributed by atoms with Crippen LogP contribution in [0.3, 0.4) is 0 Å². The van der Waals surface area contributed by atoms with Crippen LogP contribution >= 0.6 is 11.8 Å². The fraction of sp³-hybridized carbons (Fsp3) is 0.500. The number of ether oxygens (including phenoxy) is 2. The molecule has 7 nitrogen and oxygen atoms in total. The Balaban J connectivity index is 2.49. The number of amides is 1. The average molecular weight is 407 g/mol. The van der Waals surface area contributed by atoms with Crippen LogP contribution in [-0.2, 0) is 29.4 Å². The van der Waals surface area contributed by atoms with Crippen molar-refractivity contribution in [2.24, 2.45) is 4.99 Å². The summed E-state index contributed by atoms with van der Waals surface area (Å²) in [6, 6.07) is 7.83. The largest absolute Gasteiger partial charge is 0.464 e. The van der Waals surface area contributed by atoms with E-state index < -0.39 is 28.9 Å². The van der Waals surface area contributed by atoms with E-state index in [1.807, 2.05) is 38.1 Å². The molecule has 0 saturated carbocycles. The molecule has 0 aliphatic carbocycles. The number of carbonyl (C=O) groups excluding carboxylic acids is 3. The van der Waals surface area contributed by atoms with Gasteiger partial charge in [-0.05, 0) is 39.3 Å². The minimum absolute atomic E-state index is 0.0630. The molecule has 1 aromatic carbocycles. The Bertz CT molecular complexity index is 786. The highest BCUT2D eigenvalue weighted by Crippen LogP contribution is 2.41. The van der Waals surface area contributed by atoms with Gasteiger partial charge in [0.15, 0.2) is 0 Å². The summed E-state index contributed by atoms with van der Waals surface area (Å²) in [5.74, 6) is -2.26. The van der Waals surface area contributed by atoms with Crippen molar-refractivity contribution in [2.45, 2.75) is 57.0 Å². The van der Waals surface area contributed by atoms with Crippen molar-refractivity contribution in [3.05, 3.63) is 29.8 Å². The number of nitrogens with one attached hydrogen (secondary N) is 1. The Morgan fingerprint density at radius 2 is 1.68 bits per heavy atom. The molecule has 28 heavy (non-hydrogen) atoms. The zero-order valence-electron chi connectivity index (χ0n) is 16.8. The van der Waals surface area contributed by atoms with Crippen LogP contribution in [0.5, 0.6) is 0 Å². The lowest BCUT2D eigenvalue weighted by Gasteiger charge is -2.34. The van der Waals surface area contributed by atoms with Crippen LogP contribution < -0.4 is 5.32 Å². The molecule has 0 aromatic heterocycles. The van der Waals surface area contributed by atoms with Gasteiger partial charge in [-0.25, -0.2) is 9.59 Å². The summed E-state index contributed by atoms with van der Waals surface area (Å²) >= 11 is 1.37. The van der Waals surface area contributed by atoms with Crippen molar-refractivity contribution in [2.75, 3.05) is 13.2 Å². The molecule has 1 aromatic rings. The fourth-order valence-electron chi connectivity index (χ4n) is 3.07. The number of carbonyl (C=O) groups is 3. The molecule has 1 N–H and O–H groups in total. The number of nitrogens with zero attached hydrogens (tertiary/aromatic N) is 1. The van der Waals surface area contributed by atoms with Gasteiger partial charge in [0.25, 0.3) is 0 Å². The van der Waals surface area contributed by atoms with Gasteiger partial charge in [-0.15, -0.1) is 0 Å². The molecule has 1 aliphatic heterocycles. The third-order valence-corrected chi connectivity index (χ3v) is 5.28. The van der Waals surface area contributed by atoms with Gasteiger partial charge >= 0.3 is 11.9 Å². The van der Waals surface area contributed by atoms with Crippen LogP contribution in [0.2, 0.25) is 0 Å². The van der Waals surface area contributed by atoms with E-state index in [2.05, 4.69) is 5.32 Å². The molecule has 0 spiro atoms. The molecule has 0 radical (unpaired) electrons. The Labute approximate surface area is 169 Å². The molecule has 1 heterocycles. The topological polar surface area (TPSA) is 94.1 Å². The maximum Gasteiger partial charge on any atom is 0.344 e. The molecule has 1 amide bonds. The summed E-state index contributed by atoms with van der Waals surface area (Å²) in [6.07, 6.45) is -0.146. The molecule has 8 heteroatoms. The van der Waals surface area contributed by atoms with Crippen molar-refractivity contribution < 1.29 is 23.9 Å². The van der Waals surface area contributed by atoms with Crippen molar-refractivity contribution in [1.29, 1.82) is 0 Å². The lowest BCUT2D eigenvalue weighted by atomic mass is 9.92. The first-order chi connectivity index (χ1) is 13.2.